The lowest BCUT2D eigenvalue weighted by Gasteiger charge is -2.39. The summed E-state index contributed by atoms with van der Waals surface area (Å²) in [7, 11) is 0. The molecule has 0 aromatic heterocycles. The minimum absolute atomic E-state index is 0.284. The molecule has 0 radical (unpaired) electrons. The zero-order chi connectivity index (χ0) is 11.8. The van der Waals surface area contributed by atoms with Gasteiger partial charge in [-0.15, -0.1) is 6.42 Å². The van der Waals surface area contributed by atoms with Crippen LogP contribution in [-0.4, -0.2) is 28.9 Å². The van der Waals surface area contributed by atoms with E-state index in [4.69, 9.17) is 12.2 Å². The van der Waals surface area contributed by atoms with E-state index in [-0.39, 0.29) is 12.6 Å². The molecule has 1 fully saturated rings. The number of amidine groups is 1. The minimum Gasteiger partial charge on any atom is -0.385 e. The Morgan fingerprint density at radius 1 is 1.69 bits per heavy atom. The fourth-order valence-electron chi connectivity index (χ4n) is 2.44. The van der Waals surface area contributed by atoms with Crippen LogP contribution in [0.2, 0.25) is 0 Å². The maximum Gasteiger partial charge on any atom is 0.346 e. The summed E-state index contributed by atoms with van der Waals surface area (Å²) < 4.78 is 0. The molecule has 1 aliphatic heterocycles. The van der Waals surface area contributed by atoms with E-state index in [1.54, 1.807) is 4.90 Å². The number of nitrogens with two attached hydrogens (primary N) is 1. The minimum atomic E-state index is -0.464. The Kier molecular flexibility index (Phi) is 2.63. The van der Waals surface area contributed by atoms with Crippen LogP contribution in [0.1, 0.15) is 32.6 Å². The van der Waals surface area contributed by atoms with Crippen LogP contribution < -0.4 is 5.73 Å². The molecule has 0 aromatic rings. The molecule has 0 spiro atoms. The summed E-state index contributed by atoms with van der Waals surface area (Å²) in [5.74, 6) is 3.57. The van der Waals surface area contributed by atoms with Crippen LogP contribution in [0, 0.1) is 18.3 Å². The summed E-state index contributed by atoms with van der Waals surface area (Å²) in [6.07, 6.45) is 9.89. The summed E-state index contributed by atoms with van der Waals surface area (Å²) in [4.78, 5) is 17.1. The highest BCUT2D eigenvalue weighted by Crippen LogP contribution is 2.38. The topological polar surface area (TPSA) is 58.7 Å². The van der Waals surface area contributed by atoms with Gasteiger partial charge in [-0.05, 0) is 19.3 Å². The van der Waals surface area contributed by atoms with Crippen molar-refractivity contribution >= 4 is 11.9 Å². The Morgan fingerprint density at radius 2 is 2.38 bits per heavy atom. The van der Waals surface area contributed by atoms with E-state index < -0.39 is 5.54 Å². The zero-order valence-electron chi connectivity index (χ0n) is 9.57. The molecular formula is C12H17N3O. The van der Waals surface area contributed by atoms with Crippen molar-refractivity contribution in [2.45, 2.75) is 38.1 Å². The van der Waals surface area contributed by atoms with Gasteiger partial charge in [0.15, 0.2) is 0 Å². The third-order valence-electron chi connectivity index (χ3n) is 3.75. The Morgan fingerprint density at radius 3 is 2.88 bits per heavy atom. The summed E-state index contributed by atoms with van der Waals surface area (Å²) >= 11 is 0. The summed E-state index contributed by atoms with van der Waals surface area (Å²) in [6.45, 7) is 2.25. The van der Waals surface area contributed by atoms with Crippen LogP contribution in [0.15, 0.2) is 4.99 Å². The highest BCUT2D eigenvalue weighted by atomic mass is 16.2. The SMILES string of the molecule is C#CCN1C(=O)N=C(N)C1(C)CC1CCC1. The largest absolute Gasteiger partial charge is 0.385 e. The Labute approximate surface area is 95.9 Å². The van der Waals surface area contributed by atoms with E-state index in [0.29, 0.717) is 11.8 Å². The van der Waals surface area contributed by atoms with Crippen molar-refractivity contribution < 1.29 is 4.79 Å². The molecule has 2 aliphatic rings. The first-order valence-electron chi connectivity index (χ1n) is 5.67. The number of carbonyl (C=O) groups is 1. The number of aliphatic imine (C=N–C) groups is 1. The van der Waals surface area contributed by atoms with Crippen molar-refractivity contribution in [2.75, 3.05) is 6.54 Å². The second kappa shape index (κ2) is 3.82. The number of hydrogen-bond acceptors (Lipinski definition) is 2. The lowest BCUT2D eigenvalue weighted by atomic mass is 9.76. The van der Waals surface area contributed by atoms with Crippen LogP contribution in [0.4, 0.5) is 4.79 Å². The van der Waals surface area contributed by atoms with Gasteiger partial charge in [-0.1, -0.05) is 25.2 Å². The van der Waals surface area contributed by atoms with Crippen molar-refractivity contribution in [3.05, 3.63) is 0 Å². The van der Waals surface area contributed by atoms with Gasteiger partial charge in [0, 0.05) is 0 Å². The van der Waals surface area contributed by atoms with Gasteiger partial charge in [0.05, 0.1) is 6.54 Å². The van der Waals surface area contributed by atoms with Crippen LogP contribution >= 0.6 is 0 Å². The van der Waals surface area contributed by atoms with Crippen molar-refractivity contribution in [2.24, 2.45) is 16.6 Å². The maximum absolute atomic E-state index is 11.6. The standard InChI is InChI=1S/C12H17N3O/c1-3-7-15-11(16)14-10(13)12(15,2)8-9-5-4-6-9/h1,9H,4-8H2,2H3,(H2,13,14,16). The monoisotopic (exact) mass is 219 g/mol. The van der Waals surface area contributed by atoms with E-state index in [1.807, 2.05) is 6.92 Å². The molecule has 1 unspecified atom stereocenters. The fourth-order valence-corrected chi connectivity index (χ4v) is 2.44. The molecule has 1 atom stereocenters. The molecule has 16 heavy (non-hydrogen) atoms. The van der Waals surface area contributed by atoms with Gasteiger partial charge in [0.25, 0.3) is 0 Å². The second-order valence-corrected chi connectivity index (χ2v) is 4.84. The lowest BCUT2D eigenvalue weighted by molar-refractivity contribution is 0.153. The Balaban J connectivity index is 2.17. The third-order valence-corrected chi connectivity index (χ3v) is 3.75. The van der Waals surface area contributed by atoms with Crippen molar-refractivity contribution in [3.63, 3.8) is 0 Å². The predicted octanol–water partition coefficient (Wildman–Crippen LogP) is 1.36. The molecule has 1 aliphatic carbocycles. The first kappa shape index (κ1) is 11.0. The molecule has 1 heterocycles. The summed E-state index contributed by atoms with van der Waals surface area (Å²) in [6, 6.07) is -0.294. The number of rotatable bonds is 3. The maximum atomic E-state index is 11.6. The molecule has 2 amide bonds. The Hall–Kier alpha value is -1.50. The van der Waals surface area contributed by atoms with E-state index in [2.05, 4.69) is 10.9 Å². The van der Waals surface area contributed by atoms with Gasteiger partial charge in [-0.25, -0.2) is 4.79 Å². The van der Waals surface area contributed by atoms with E-state index in [1.165, 1.54) is 19.3 Å². The molecular weight excluding hydrogens is 202 g/mol. The van der Waals surface area contributed by atoms with E-state index >= 15 is 0 Å². The highest BCUT2D eigenvalue weighted by molar-refractivity contribution is 6.05. The average molecular weight is 219 g/mol. The molecule has 86 valence electrons. The smallest absolute Gasteiger partial charge is 0.346 e. The van der Waals surface area contributed by atoms with Crippen LogP contribution in [0.25, 0.3) is 0 Å². The number of carbonyl (C=O) groups excluding carboxylic acids is 1. The van der Waals surface area contributed by atoms with Gasteiger partial charge >= 0.3 is 6.03 Å². The highest BCUT2D eigenvalue weighted by Gasteiger charge is 2.46. The third kappa shape index (κ3) is 1.57. The van der Waals surface area contributed by atoms with Gasteiger partial charge in [-0.2, -0.15) is 4.99 Å². The molecule has 4 nitrogen and oxygen atoms in total. The first-order valence-corrected chi connectivity index (χ1v) is 5.67. The van der Waals surface area contributed by atoms with Crippen LogP contribution in [-0.2, 0) is 0 Å². The zero-order valence-corrected chi connectivity index (χ0v) is 9.57. The lowest BCUT2D eigenvalue weighted by Crippen LogP contribution is -2.53. The molecule has 2 rings (SSSR count). The first-order chi connectivity index (χ1) is 7.58. The predicted molar refractivity (Wildman–Crippen MR) is 62.9 cm³/mol. The van der Waals surface area contributed by atoms with Crippen LogP contribution in [0.3, 0.4) is 0 Å². The summed E-state index contributed by atoms with van der Waals surface area (Å²) in [5.41, 5.74) is 5.41. The molecule has 1 saturated carbocycles. The van der Waals surface area contributed by atoms with Crippen molar-refractivity contribution in [3.8, 4) is 12.3 Å². The fraction of sp³-hybridized carbons (Fsp3) is 0.667. The number of amides is 2. The van der Waals surface area contributed by atoms with Gasteiger partial charge in [0.1, 0.15) is 11.4 Å². The van der Waals surface area contributed by atoms with Gasteiger partial charge in [0.2, 0.25) is 0 Å². The van der Waals surface area contributed by atoms with Gasteiger partial charge < -0.3 is 5.73 Å². The molecule has 0 bridgehead atoms. The molecule has 0 saturated heterocycles. The number of terminal acetylenes is 1. The van der Waals surface area contributed by atoms with Gasteiger partial charge in [-0.3, -0.25) is 4.90 Å². The number of hydrogen-bond donors (Lipinski definition) is 1. The van der Waals surface area contributed by atoms with E-state index in [0.717, 1.165) is 6.42 Å². The van der Waals surface area contributed by atoms with Crippen molar-refractivity contribution in [1.29, 1.82) is 0 Å². The quantitative estimate of drug-likeness (QED) is 0.729. The normalized spacial score (nSPS) is 29.9. The molecule has 0 aromatic carbocycles. The number of urea groups is 1. The van der Waals surface area contributed by atoms with Crippen LogP contribution in [0.5, 0.6) is 0 Å². The Bertz CT molecular complexity index is 378. The molecule has 2 N–H and O–H groups in total. The van der Waals surface area contributed by atoms with E-state index in [9.17, 15) is 4.79 Å². The summed E-state index contributed by atoms with van der Waals surface area (Å²) in [5, 5.41) is 0. The molecule has 4 heteroatoms. The second-order valence-electron chi connectivity index (χ2n) is 4.84. The van der Waals surface area contributed by atoms with Crippen molar-refractivity contribution in [1.82, 2.24) is 4.90 Å². The average Bonchev–Trinajstić information content (AvgIpc) is 2.37. The number of nitrogens with zero attached hydrogens (tertiary/aromatic N) is 2.